The molecule has 0 unspecified atom stereocenters. The fraction of sp³-hybridized carbons (Fsp3) is 0.450. The Hall–Kier alpha value is -2.63. The van der Waals surface area contributed by atoms with Crippen molar-refractivity contribution in [3.63, 3.8) is 0 Å². The molecule has 26 heavy (non-hydrogen) atoms. The largest absolute Gasteiger partial charge is 0.480 e. The van der Waals surface area contributed by atoms with Gasteiger partial charge in [-0.1, -0.05) is 13.0 Å². The smallest absolute Gasteiger partial charge is 0.226 e. The molecular formula is C20H24N4O2. The van der Waals surface area contributed by atoms with Crippen molar-refractivity contribution >= 4 is 17.0 Å². The van der Waals surface area contributed by atoms with Crippen molar-refractivity contribution in [2.45, 2.75) is 45.6 Å². The Labute approximate surface area is 153 Å². The third-order valence-electron chi connectivity index (χ3n) is 5.10. The number of fused-ring (bicyclic) bond motifs is 1. The maximum atomic E-state index is 5.63. The Balaban J connectivity index is 1.59. The number of hydrogen-bond donors (Lipinski definition) is 1. The molecule has 0 spiro atoms. The van der Waals surface area contributed by atoms with E-state index in [0.717, 1.165) is 41.0 Å². The lowest BCUT2D eigenvalue weighted by molar-refractivity contribution is 0.359. The number of nitrogens with one attached hydrogen (secondary N) is 1. The van der Waals surface area contributed by atoms with Crippen LogP contribution >= 0.6 is 0 Å². The summed E-state index contributed by atoms with van der Waals surface area (Å²) in [6.07, 6.45) is 6.64. The van der Waals surface area contributed by atoms with Gasteiger partial charge in [0.1, 0.15) is 5.52 Å². The standard InChI is InChI=1S/C20H24N4O2/c1-12-4-7-15(8-5-12)23-20-21-11-16(19(24-20)25-3)14-6-9-17-18(10-14)26-13(2)22-17/h6,9-12,15H,4-5,7-8H2,1-3H3,(H,21,23,24). The van der Waals surface area contributed by atoms with E-state index in [9.17, 15) is 0 Å². The zero-order chi connectivity index (χ0) is 18.1. The molecule has 0 atom stereocenters. The van der Waals surface area contributed by atoms with Crippen LogP contribution in [0.15, 0.2) is 28.8 Å². The highest BCUT2D eigenvalue weighted by Crippen LogP contribution is 2.32. The Morgan fingerprint density at radius 1 is 1.15 bits per heavy atom. The van der Waals surface area contributed by atoms with Gasteiger partial charge < -0.3 is 14.5 Å². The van der Waals surface area contributed by atoms with Crippen LogP contribution in [0.2, 0.25) is 0 Å². The number of nitrogens with zero attached hydrogens (tertiary/aromatic N) is 3. The summed E-state index contributed by atoms with van der Waals surface area (Å²) >= 11 is 0. The van der Waals surface area contributed by atoms with Crippen molar-refractivity contribution in [1.29, 1.82) is 0 Å². The third-order valence-corrected chi connectivity index (χ3v) is 5.10. The predicted molar refractivity (Wildman–Crippen MR) is 101 cm³/mol. The van der Waals surface area contributed by atoms with Gasteiger partial charge in [0.2, 0.25) is 11.8 Å². The minimum Gasteiger partial charge on any atom is -0.480 e. The number of benzene rings is 1. The summed E-state index contributed by atoms with van der Waals surface area (Å²) in [6.45, 7) is 4.16. The van der Waals surface area contributed by atoms with E-state index >= 15 is 0 Å². The molecular weight excluding hydrogens is 328 g/mol. The molecule has 1 fully saturated rings. The van der Waals surface area contributed by atoms with Gasteiger partial charge in [0.15, 0.2) is 11.5 Å². The minimum atomic E-state index is 0.440. The van der Waals surface area contributed by atoms with Crippen LogP contribution < -0.4 is 10.1 Å². The molecule has 3 aromatic rings. The monoisotopic (exact) mass is 352 g/mol. The minimum absolute atomic E-state index is 0.440. The lowest BCUT2D eigenvalue weighted by atomic mass is 9.87. The molecule has 0 amide bonds. The Bertz CT molecular complexity index is 913. The first-order valence-corrected chi connectivity index (χ1v) is 9.17. The van der Waals surface area contributed by atoms with Gasteiger partial charge in [0.25, 0.3) is 0 Å². The Morgan fingerprint density at radius 2 is 1.96 bits per heavy atom. The van der Waals surface area contributed by atoms with Crippen molar-refractivity contribution in [3.05, 3.63) is 30.3 Å². The summed E-state index contributed by atoms with van der Waals surface area (Å²) < 4.78 is 11.2. The van der Waals surface area contributed by atoms with Crippen LogP contribution in [0.4, 0.5) is 5.95 Å². The van der Waals surface area contributed by atoms with E-state index in [2.05, 4.69) is 27.2 Å². The van der Waals surface area contributed by atoms with Crippen molar-refractivity contribution < 1.29 is 9.15 Å². The predicted octanol–water partition coefficient (Wildman–Crippen LogP) is 4.59. The summed E-state index contributed by atoms with van der Waals surface area (Å²) in [5.41, 5.74) is 3.38. The van der Waals surface area contributed by atoms with E-state index in [-0.39, 0.29) is 0 Å². The van der Waals surface area contributed by atoms with Gasteiger partial charge in [-0.05, 0) is 49.3 Å². The van der Waals surface area contributed by atoms with Crippen molar-refractivity contribution in [2.75, 3.05) is 12.4 Å². The fourth-order valence-corrected chi connectivity index (χ4v) is 3.58. The molecule has 136 valence electrons. The van der Waals surface area contributed by atoms with Gasteiger partial charge in [-0.15, -0.1) is 0 Å². The van der Waals surface area contributed by atoms with Crippen LogP contribution in [-0.2, 0) is 0 Å². The van der Waals surface area contributed by atoms with E-state index < -0.39 is 0 Å². The number of hydrogen-bond acceptors (Lipinski definition) is 6. The maximum Gasteiger partial charge on any atom is 0.226 e. The number of methoxy groups -OCH3 is 1. The number of aromatic nitrogens is 3. The van der Waals surface area contributed by atoms with Crippen molar-refractivity contribution in [3.8, 4) is 17.0 Å². The van der Waals surface area contributed by atoms with Crippen LogP contribution in [0.25, 0.3) is 22.2 Å². The molecule has 4 rings (SSSR count). The molecule has 1 N–H and O–H groups in total. The van der Waals surface area contributed by atoms with Gasteiger partial charge in [-0.2, -0.15) is 4.98 Å². The average molecular weight is 352 g/mol. The molecule has 6 heteroatoms. The molecule has 0 aliphatic heterocycles. The molecule has 2 aromatic heterocycles. The lowest BCUT2D eigenvalue weighted by Crippen LogP contribution is -2.26. The summed E-state index contributed by atoms with van der Waals surface area (Å²) in [6, 6.07) is 6.32. The van der Waals surface area contributed by atoms with Crippen LogP contribution in [0.1, 0.15) is 38.5 Å². The highest BCUT2D eigenvalue weighted by atomic mass is 16.5. The zero-order valence-corrected chi connectivity index (χ0v) is 15.5. The highest BCUT2D eigenvalue weighted by Gasteiger charge is 2.19. The second kappa shape index (κ2) is 6.94. The first-order valence-electron chi connectivity index (χ1n) is 9.17. The van der Waals surface area contributed by atoms with Gasteiger partial charge in [-0.3, -0.25) is 0 Å². The normalized spacial score (nSPS) is 20.3. The number of oxazole rings is 1. The number of aryl methyl sites for hydroxylation is 1. The van der Waals surface area contributed by atoms with Crippen LogP contribution in [-0.4, -0.2) is 28.1 Å². The maximum absolute atomic E-state index is 5.63. The van der Waals surface area contributed by atoms with E-state index in [0.29, 0.717) is 23.8 Å². The molecule has 6 nitrogen and oxygen atoms in total. The van der Waals surface area contributed by atoms with Gasteiger partial charge in [0.05, 0.1) is 12.7 Å². The summed E-state index contributed by atoms with van der Waals surface area (Å²) in [7, 11) is 1.63. The fourth-order valence-electron chi connectivity index (χ4n) is 3.58. The Morgan fingerprint density at radius 3 is 2.73 bits per heavy atom. The van der Waals surface area contributed by atoms with E-state index in [1.165, 1.54) is 12.8 Å². The van der Waals surface area contributed by atoms with Crippen LogP contribution in [0.5, 0.6) is 5.88 Å². The molecule has 2 heterocycles. The number of anilines is 1. The molecule has 0 radical (unpaired) electrons. The van der Waals surface area contributed by atoms with E-state index in [1.54, 1.807) is 7.11 Å². The molecule has 1 aromatic carbocycles. The summed E-state index contributed by atoms with van der Waals surface area (Å²) in [5.74, 6) is 2.66. The van der Waals surface area contributed by atoms with Crippen molar-refractivity contribution in [2.24, 2.45) is 5.92 Å². The Kier molecular flexibility index (Phi) is 4.49. The van der Waals surface area contributed by atoms with Gasteiger partial charge >= 0.3 is 0 Å². The SMILES string of the molecule is COc1nc(NC2CCC(C)CC2)ncc1-c1ccc2nc(C)oc2c1. The summed E-state index contributed by atoms with van der Waals surface area (Å²) in [5, 5.41) is 3.46. The number of ether oxygens (including phenoxy) is 1. The molecule has 1 saturated carbocycles. The van der Waals surface area contributed by atoms with Crippen LogP contribution in [0, 0.1) is 12.8 Å². The quantitative estimate of drug-likeness (QED) is 0.740. The summed E-state index contributed by atoms with van der Waals surface area (Å²) in [4.78, 5) is 13.4. The van der Waals surface area contributed by atoms with E-state index in [4.69, 9.17) is 9.15 Å². The lowest BCUT2D eigenvalue weighted by Gasteiger charge is -2.27. The third kappa shape index (κ3) is 3.36. The molecule has 1 aliphatic carbocycles. The van der Waals surface area contributed by atoms with Crippen LogP contribution in [0.3, 0.4) is 0 Å². The zero-order valence-electron chi connectivity index (χ0n) is 15.5. The van der Waals surface area contributed by atoms with Crippen molar-refractivity contribution in [1.82, 2.24) is 15.0 Å². The van der Waals surface area contributed by atoms with Gasteiger partial charge in [-0.25, -0.2) is 9.97 Å². The first kappa shape index (κ1) is 16.8. The first-order chi connectivity index (χ1) is 12.6. The topological polar surface area (TPSA) is 73.1 Å². The number of rotatable bonds is 4. The molecule has 1 aliphatic rings. The molecule has 0 saturated heterocycles. The van der Waals surface area contributed by atoms with Gasteiger partial charge in [0, 0.05) is 19.2 Å². The molecule has 0 bridgehead atoms. The second-order valence-corrected chi connectivity index (χ2v) is 7.13. The average Bonchev–Trinajstić information content (AvgIpc) is 3.02. The second-order valence-electron chi connectivity index (χ2n) is 7.13. The highest BCUT2D eigenvalue weighted by molar-refractivity contribution is 5.81. The van der Waals surface area contributed by atoms with E-state index in [1.807, 2.05) is 31.3 Å².